The Morgan fingerprint density at radius 1 is 1.10 bits per heavy atom. The van der Waals surface area contributed by atoms with E-state index in [-0.39, 0.29) is 49.1 Å². The van der Waals surface area contributed by atoms with Gasteiger partial charge in [0.15, 0.2) is 16.3 Å². The first-order valence-electron chi connectivity index (χ1n) is 12.3. The molecule has 1 aliphatic rings. The molecule has 0 aliphatic carbocycles. The molecule has 0 radical (unpaired) electrons. The maximum Gasteiger partial charge on any atom is 0.307 e. The molecule has 0 N–H and O–H groups in total. The standard InChI is InChI=1S/C27H29N3O7S2/c1-4-12-29(13-5-2)39(33,34)20-9-7-19(8-10-20)26(32)28-27-30(14-11-25(31)35-6-3)21-17-22-23(18-24(21)38-27)37-16-15-36-22/h4-5,7-10,17-18H,1-2,6,11-16H2,3H3. The van der Waals surface area contributed by atoms with Crippen LogP contribution in [-0.4, -0.2) is 62.1 Å². The quantitative estimate of drug-likeness (QED) is 0.255. The molecular formula is C27H29N3O7S2. The summed E-state index contributed by atoms with van der Waals surface area (Å²) in [6, 6.07) is 9.24. The highest BCUT2D eigenvalue weighted by Crippen LogP contribution is 2.35. The number of sulfonamides is 1. The van der Waals surface area contributed by atoms with Crippen LogP contribution in [0.15, 0.2) is 71.6 Å². The summed E-state index contributed by atoms with van der Waals surface area (Å²) in [5.74, 6) is 0.261. The number of carbonyl (C=O) groups excluding carboxylic acids is 2. The second-order valence-corrected chi connectivity index (χ2v) is 11.3. The van der Waals surface area contributed by atoms with Crippen molar-refractivity contribution in [2.24, 2.45) is 4.99 Å². The molecule has 0 saturated heterocycles. The molecule has 3 aromatic rings. The summed E-state index contributed by atoms with van der Waals surface area (Å²) in [7, 11) is -3.80. The zero-order chi connectivity index (χ0) is 28.0. The maximum atomic E-state index is 13.1. The minimum absolute atomic E-state index is 0.0414. The number of aromatic nitrogens is 1. The largest absolute Gasteiger partial charge is 0.486 e. The Hall–Kier alpha value is -3.74. The minimum atomic E-state index is -3.80. The number of amides is 1. The van der Waals surface area contributed by atoms with Crippen LogP contribution in [0.3, 0.4) is 0 Å². The zero-order valence-corrected chi connectivity index (χ0v) is 23.1. The average Bonchev–Trinajstić information content (AvgIpc) is 3.26. The Morgan fingerprint density at radius 3 is 2.36 bits per heavy atom. The molecular weight excluding hydrogens is 542 g/mol. The van der Waals surface area contributed by atoms with Crippen molar-refractivity contribution in [3.63, 3.8) is 0 Å². The van der Waals surface area contributed by atoms with E-state index >= 15 is 0 Å². The normalized spacial score (nSPS) is 13.4. The van der Waals surface area contributed by atoms with Gasteiger partial charge in [-0.05, 0) is 31.2 Å². The van der Waals surface area contributed by atoms with Crippen LogP contribution in [0, 0.1) is 0 Å². The molecule has 206 valence electrons. The van der Waals surface area contributed by atoms with Crippen LogP contribution in [0.1, 0.15) is 23.7 Å². The molecule has 0 bridgehead atoms. The van der Waals surface area contributed by atoms with E-state index < -0.39 is 15.9 Å². The Kier molecular flexibility index (Phi) is 9.00. The highest BCUT2D eigenvalue weighted by atomic mass is 32.2. The monoisotopic (exact) mass is 571 g/mol. The summed E-state index contributed by atoms with van der Waals surface area (Å²) in [5.41, 5.74) is 0.958. The van der Waals surface area contributed by atoms with E-state index in [9.17, 15) is 18.0 Å². The van der Waals surface area contributed by atoms with Crippen molar-refractivity contribution in [1.82, 2.24) is 8.87 Å². The topological polar surface area (TPSA) is 117 Å². The van der Waals surface area contributed by atoms with Crippen LogP contribution in [0.2, 0.25) is 0 Å². The van der Waals surface area contributed by atoms with Gasteiger partial charge in [0, 0.05) is 37.3 Å². The number of ether oxygens (including phenoxy) is 3. The molecule has 1 aromatic heterocycles. The van der Waals surface area contributed by atoms with Gasteiger partial charge in [-0.15, -0.1) is 13.2 Å². The fraction of sp³-hybridized carbons (Fsp3) is 0.296. The molecule has 4 rings (SSSR count). The number of aryl methyl sites for hydroxylation is 1. The van der Waals surface area contributed by atoms with Gasteiger partial charge in [-0.2, -0.15) is 9.30 Å². The second kappa shape index (κ2) is 12.4. The number of hydrogen-bond donors (Lipinski definition) is 0. The second-order valence-electron chi connectivity index (χ2n) is 8.40. The molecule has 1 aliphatic heterocycles. The summed E-state index contributed by atoms with van der Waals surface area (Å²) < 4.78 is 46.2. The number of hydrogen-bond acceptors (Lipinski definition) is 8. The zero-order valence-electron chi connectivity index (χ0n) is 21.5. The van der Waals surface area contributed by atoms with Gasteiger partial charge in [-0.25, -0.2) is 8.42 Å². The smallest absolute Gasteiger partial charge is 0.307 e. The molecule has 2 heterocycles. The molecule has 39 heavy (non-hydrogen) atoms. The number of nitrogens with zero attached hydrogens (tertiary/aromatic N) is 3. The SMILES string of the molecule is C=CCN(CC=C)S(=O)(=O)c1ccc(C(=O)N=c2sc3cc4c(cc3n2CCC(=O)OCC)OCCO4)cc1. The van der Waals surface area contributed by atoms with Gasteiger partial charge in [0.05, 0.1) is 28.1 Å². The van der Waals surface area contributed by atoms with Crippen LogP contribution in [-0.2, 0) is 26.1 Å². The minimum Gasteiger partial charge on any atom is -0.486 e. The predicted octanol–water partition coefficient (Wildman–Crippen LogP) is 3.53. The lowest BCUT2D eigenvalue weighted by molar-refractivity contribution is -0.143. The molecule has 0 saturated carbocycles. The third kappa shape index (κ3) is 6.29. The highest BCUT2D eigenvalue weighted by molar-refractivity contribution is 7.89. The van der Waals surface area contributed by atoms with Gasteiger partial charge in [-0.1, -0.05) is 23.5 Å². The van der Waals surface area contributed by atoms with Crippen LogP contribution in [0.25, 0.3) is 10.2 Å². The molecule has 0 fully saturated rings. The lowest BCUT2D eigenvalue weighted by Crippen LogP contribution is -2.31. The third-order valence-electron chi connectivity index (χ3n) is 5.79. The number of fused-ring (bicyclic) bond motifs is 2. The van der Waals surface area contributed by atoms with Crippen molar-refractivity contribution in [1.29, 1.82) is 0 Å². The molecule has 2 aromatic carbocycles. The van der Waals surface area contributed by atoms with Crippen LogP contribution < -0.4 is 14.3 Å². The van der Waals surface area contributed by atoms with Crippen molar-refractivity contribution in [2.75, 3.05) is 32.9 Å². The van der Waals surface area contributed by atoms with Gasteiger partial charge in [0.25, 0.3) is 5.91 Å². The fourth-order valence-electron chi connectivity index (χ4n) is 3.97. The summed E-state index contributed by atoms with van der Waals surface area (Å²) in [6.07, 6.45) is 3.08. The van der Waals surface area contributed by atoms with Crippen LogP contribution >= 0.6 is 11.3 Å². The van der Waals surface area contributed by atoms with Crippen molar-refractivity contribution in [3.8, 4) is 11.5 Å². The van der Waals surface area contributed by atoms with Crippen LogP contribution in [0.4, 0.5) is 0 Å². The predicted molar refractivity (Wildman–Crippen MR) is 148 cm³/mol. The Labute approximate surface area is 230 Å². The van der Waals surface area contributed by atoms with E-state index in [0.717, 1.165) is 10.2 Å². The molecule has 10 nitrogen and oxygen atoms in total. The number of benzene rings is 2. The van der Waals surface area contributed by atoms with E-state index in [2.05, 4.69) is 18.2 Å². The molecule has 0 unspecified atom stereocenters. The number of carbonyl (C=O) groups is 2. The first kappa shape index (κ1) is 28.3. The van der Waals surface area contributed by atoms with Crippen molar-refractivity contribution in [2.45, 2.75) is 24.8 Å². The Bertz CT molecular complexity index is 1560. The summed E-state index contributed by atoms with van der Waals surface area (Å²) in [5, 5.41) is 0. The average molecular weight is 572 g/mol. The van der Waals surface area contributed by atoms with Gasteiger partial charge in [0.2, 0.25) is 10.0 Å². The Morgan fingerprint density at radius 2 is 1.74 bits per heavy atom. The third-order valence-corrected chi connectivity index (χ3v) is 8.68. The van der Waals surface area contributed by atoms with Crippen molar-refractivity contribution >= 4 is 43.5 Å². The Balaban J connectivity index is 1.69. The van der Waals surface area contributed by atoms with Crippen molar-refractivity contribution < 1.29 is 32.2 Å². The molecule has 0 atom stereocenters. The molecule has 1 amide bonds. The summed E-state index contributed by atoms with van der Waals surface area (Å²) in [4.78, 5) is 29.9. The fourth-order valence-corrected chi connectivity index (χ4v) is 6.42. The summed E-state index contributed by atoms with van der Waals surface area (Å²) in [6.45, 7) is 10.6. The molecule has 0 spiro atoms. The lowest BCUT2D eigenvalue weighted by atomic mass is 10.2. The van der Waals surface area contributed by atoms with Gasteiger partial charge in [0.1, 0.15) is 13.2 Å². The lowest BCUT2D eigenvalue weighted by Gasteiger charge is -2.19. The highest BCUT2D eigenvalue weighted by Gasteiger charge is 2.23. The molecule has 12 heteroatoms. The number of esters is 1. The van der Waals surface area contributed by atoms with E-state index in [1.165, 1.54) is 52.1 Å². The van der Waals surface area contributed by atoms with E-state index in [1.54, 1.807) is 11.5 Å². The van der Waals surface area contributed by atoms with Gasteiger partial charge < -0.3 is 18.8 Å². The summed E-state index contributed by atoms with van der Waals surface area (Å²) >= 11 is 1.27. The van der Waals surface area contributed by atoms with Gasteiger partial charge in [-0.3, -0.25) is 9.59 Å². The van der Waals surface area contributed by atoms with Crippen LogP contribution in [0.5, 0.6) is 11.5 Å². The van der Waals surface area contributed by atoms with E-state index in [0.29, 0.717) is 29.5 Å². The first-order chi connectivity index (χ1) is 18.8. The van der Waals surface area contributed by atoms with E-state index in [1.807, 2.05) is 12.1 Å². The van der Waals surface area contributed by atoms with E-state index in [4.69, 9.17) is 14.2 Å². The van der Waals surface area contributed by atoms with Crippen molar-refractivity contribution in [3.05, 3.63) is 72.1 Å². The maximum absolute atomic E-state index is 13.1. The number of rotatable bonds is 11. The number of thiazole rings is 1. The first-order valence-corrected chi connectivity index (χ1v) is 14.5. The van der Waals surface area contributed by atoms with Gasteiger partial charge >= 0.3 is 5.97 Å².